The average molecular weight is 1070 g/mol. The number of benzene rings is 4. The van der Waals surface area contributed by atoms with E-state index in [0.29, 0.717) is 28.3 Å². The highest BCUT2D eigenvalue weighted by molar-refractivity contribution is 5.98. The van der Waals surface area contributed by atoms with Crippen molar-refractivity contribution in [1.82, 2.24) is 25.3 Å². The predicted octanol–water partition coefficient (Wildman–Crippen LogP) is 5.84. The highest BCUT2D eigenvalue weighted by atomic mass is 35.5. The third-order valence-electron chi connectivity index (χ3n) is 10.9. The van der Waals surface area contributed by atoms with Gasteiger partial charge in [0.1, 0.15) is 23.7 Å². The number of nitrogen functional groups attached to an aromatic ring is 4. The monoisotopic (exact) mass is 1060 g/mol. The second-order valence-electron chi connectivity index (χ2n) is 16.5. The highest BCUT2D eigenvalue weighted by Gasteiger charge is 2.26. The van der Waals surface area contributed by atoms with Gasteiger partial charge in [-0.05, 0) is 124 Å². The summed E-state index contributed by atoms with van der Waals surface area (Å²) in [4.78, 5) is 86.5. The Morgan fingerprint density at radius 2 is 0.921 bits per heavy atom. The number of rotatable bonds is 21. The van der Waals surface area contributed by atoms with Crippen molar-refractivity contribution >= 4 is 93.5 Å². The van der Waals surface area contributed by atoms with Crippen LogP contribution in [0.15, 0.2) is 109 Å². The summed E-state index contributed by atoms with van der Waals surface area (Å²) in [7, 11) is 0. The van der Waals surface area contributed by atoms with E-state index in [2.05, 4.69) is 43.1 Å². The third kappa shape index (κ3) is 19.0. The predicted molar refractivity (Wildman–Crippen MR) is 292 cm³/mol. The van der Waals surface area contributed by atoms with Gasteiger partial charge in [0.25, 0.3) is 5.91 Å². The van der Waals surface area contributed by atoms with Gasteiger partial charge in [0.15, 0.2) is 0 Å². The van der Waals surface area contributed by atoms with Crippen molar-refractivity contribution in [3.8, 4) is 0 Å². The minimum atomic E-state index is -1.07. The lowest BCUT2D eigenvalue weighted by molar-refractivity contribution is -0.146. The fraction of sp³-hybridized carbons (Fsp3) is 0.296. The van der Waals surface area contributed by atoms with E-state index in [4.69, 9.17) is 48.0 Å². The first-order valence-electron chi connectivity index (χ1n) is 23.9. The minimum absolute atomic E-state index is 0. The first-order valence-corrected chi connectivity index (χ1v) is 23.9. The van der Waals surface area contributed by atoms with E-state index >= 15 is 0 Å². The molecule has 0 unspecified atom stereocenters. The maximum absolute atomic E-state index is 12.8. The number of amides is 1. The molecule has 22 heteroatoms. The molecular weight excluding hydrogens is 1000 g/mol. The van der Waals surface area contributed by atoms with Crippen LogP contribution in [0, 0.1) is 0 Å². The molecule has 76 heavy (non-hydrogen) atoms. The lowest BCUT2D eigenvalue weighted by atomic mass is 10.0. The molecule has 0 saturated carbocycles. The van der Waals surface area contributed by atoms with Crippen molar-refractivity contribution < 1.29 is 52.8 Å². The topological polar surface area (TPSA) is 353 Å². The number of ether oxygens (including phenoxy) is 4. The highest BCUT2D eigenvalue weighted by Crippen LogP contribution is 2.23. The number of esters is 4. The number of carbonyl (C=O) groups is 6. The normalized spacial score (nSPS) is 11.2. The number of aromatic carboxylic acids is 1. The lowest BCUT2D eigenvalue weighted by Gasteiger charge is -2.18. The summed E-state index contributed by atoms with van der Waals surface area (Å²) < 4.78 is 19.3. The molecule has 2 atom stereocenters. The standard InChI is InChI=1S/C27H31N5O5.C17H16N4O2.C10H17NO4.ClH/c1-4-36-25(34)16(3)14-22(26(35)37-5-2)30-24(33)19-11-8-17(9-12-19)6-7-18-10-13-21-20(15-18)23(28)32-27(29)31-21;18-15-13-9-11(5-8-14(13)20-17(19)21-15)2-1-10-3-6-12(7-4-10)16(22)23;1-4-14-9(12)7(3)6-8(11)10(13)15-5-2;/h8-13,15,22H,3-7,14H2,1-2H3,(H,30,33)(H4,28,29,31,32);3-9H,1-2H2,(H,22,23)(H4,18,19,20,21);8H,3-6,11H2,1-2H3;1H/t22-;;8-;/m0.0./s1. The van der Waals surface area contributed by atoms with Crippen molar-refractivity contribution in [2.45, 2.75) is 78.3 Å². The second-order valence-corrected chi connectivity index (χ2v) is 16.5. The van der Waals surface area contributed by atoms with Gasteiger partial charge in [0, 0.05) is 40.3 Å². The number of nitrogens with zero attached hydrogens (tertiary/aromatic N) is 4. The van der Waals surface area contributed by atoms with E-state index in [9.17, 15) is 28.8 Å². The first kappa shape index (κ1) is 61.6. The zero-order chi connectivity index (χ0) is 55.2. The summed E-state index contributed by atoms with van der Waals surface area (Å²) in [6.45, 7) is 14.7. The number of carbonyl (C=O) groups excluding carboxylic acids is 5. The summed E-state index contributed by atoms with van der Waals surface area (Å²) in [6, 6.07) is 23.7. The fourth-order valence-electron chi connectivity index (χ4n) is 7.12. The molecule has 0 aliphatic heterocycles. The molecule has 1 amide bonds. The molecule has 404 valence electrons. The molecule has 0 aliphatic carbocycles. The van der Waals surface area contributed by atoms with Gasteiger partial charge >= 0.3 is 29.8 Å². The van der Waals surface area contributed by atoms with Crippen molar-refractivity contribution in [2.24, 2.45) is 5.73 Å². The van der Waals surface area contributed by atoms with E-state index in [1.807, 2.05) is 60.7 Å². The van der Waals surface area contributed by atoms with Gasteiger partial charge < -0.3 is 58.0 Å². The van der Waals surface area contributed by atoms with Crippen molar-refractivity contribution in [1.29, 1.82) is 0 Å². The largest absolute Gasteiger partial charge is 0.478 e. The Morgan fingerprint density at radius 1 is 0.539 bits per heavy atom. The zero-order valence-corrected chi connectivity index (χ0v) is 43.7. The molecule has 0 fully saturated rings. The number of aromatic nitrogens is 4. The van der Waals surface area contributed by atoms with Crippen LogP contribution < -0.4 is 34.0 Å². The zero-order valence-electron chi connectivity index (χ0n) is 42.8. The van der Waals surface area contributed by atoms with Crippen LogP contribution in [0.4, 0.5) is 23.5 Å². The molecule has 21 nitrogen and oxygen atoms in total. The average Bonchev–Trinajstić information content (AvgIpc) is 3.38. The molecule has 6 rings (SSSR count). The number of aryl methyl sites for hydroxylation is 4. The molecular formula is C54H65ClN10O11. The van der Waals surface area contributed by atoms with Crippen molar-refractivity contribution in [3.05, 3.63) is 143 Å². The van der Waals surface area contributed by atoms with Gasteiger partial charge in [-0.2, -0.15) is 9.97 Å². The van der Waals surface area contributed by atoms with E-state index in [-0.39, 0.29) is 74.7 Å². The van der Waals surface area contributed by atoms with E-state index in [1.54, 1.807) is 52.0 Å². The number of anilines is 4. The van der Waals surface area contributed by atoms with Gasteiger partial charge in [0.2, 0.25) is 11.9 Å². The van der Waals surface area contributed by atoms with E-state index < -0.39 is 47.8 Å². The molecule has 12 N–H and O–H groups in total. The lowest BCUT2D eigenvalue weighted by Crippen LogP contribution is -2.42. The van der Waals surface area contributed by atoms with Gasteiger partial charge in [-0.1, -0.05) is 49.6 Å². The number of hydrogen-bond donors (Lipinski definition) is 7. The summed E-state index contributed by atoms with van der Waals surface area (Å²) in [5.41, 5.74) is 35.2. The van der Waals surface area contributed by atoms with Gasteiger partial charge in [0.05, 0.1) is 43.0 Å². The Kier molecular flexibility index (Phi) is 24.7. The van der Waals surface area contributed by atoms with Crippen LogP contribution >= 0.6 is 12.4 Å². The van der Waals surface area contributed by atoms with Crippen LogP contribution in [0.1, 0.15) is 83.5 Å². The number of halogens is 1. The SMILES string of the molecule is C=C(C[C@H](N)C(=O)OCC)C(=O)OCC.C=C(C[C@H](NC(=O)c1ccc(CCc2ccc3nc(N)nc(N)c3c2)cc1)C(=O)OCC)C(=O)OCC.Cl.Nc1nc(N)c2cc(CCc3ccc(C(=O)O)cc3)ccc2n1. The number of nitrogens with one attached hydrogen (secondary N) is 1. The smallest absolute Gasteiger partial charge is 0.335 e. The van der Waals surface area contributed by atoms with Crippen LogP contribution in [0.25, 0.3) is 21.8 Å². The van der Waals surface area contributed by atoms with E-state index in [1.165, 1.54) is 0 Å². The van der Waals surface area contributed by atoms with Crippen LogP contribution in [0.5, 0.6) is 0 Å². The molecule has 0 spiro atoms. The molecule has 2 heterocycles. The van der Waals surface area contributed by atoms with Crippen LogP contribution in [0.2, 0.25) is 0 Å². The number of carboxylic acid groups (broad SMARTS) is 1. The van der Waals surface area contributed by atoms with Gasteiger partial charge in [-0.25, -0.2) is 29.1 Å². The Bertz CT molecular complexity index is 3010. The molecule has 0 radical (unpaired) electrons. The van der Waals surface area contributed by atoms with Gasteiger partial charge in [-0.15, -0.1) is 12.4 Å². The maximum Gasteiger partial charge on any atom is 0.335 e. The Balaban J connectivity index is 0.000000332. The van der Waals surface area contributed by atoms with Gasteiger partial charge in [-0.3, -0.25) is 9.59 Å². The number of fused-ring (bicyclic) bond motifs is 2. The Morgan fingerprint density at radius 3 is 1.34 bits per heavy atom. The van der Waals surface area contributed by atoms with Crippen molar-refractivity contribution in [3.63, 3.8) is 0 Å². The maximum atomic E-state index is 12.8. The molecule has 0 aliphatic rings. The molecule has 0 bridgehead atoms. The van der Waals surface area contributed by atoms with Crippen molar-refractivity contribution in [2.75, 3.05) is 49.4 Å². The second kappa shape index (κ2) is 30.5. The summed E-state index contributed by atoms with van der Waals surface area (Å²) in [5, 5.41) is 13.1. The van der Waals surface area contributed by atoms with E-state index in [0.717, 1.165) is 64.2 Å². The molecule has 0 saturated heterocycles. The quantitative estimate of drug-likeness (QED) is 0.0253. The summed E-state index contributed by atoms with van der Waals surface area (Å²) in [5.74, 6) is -2.71. The number of nitrogens with two attached hydrogens (primary N) is 5. The molecule has 6 aromatic rings. The number of hydrogen-bond acceptors (Lipinski definition) is 19. The van der Waals surface area contributed by atoms with Crippen LogP contribution in [0.3, 0.4) is 0 Å². The van der Waals surface area contributed by atoms with Crippen LogP contribution in [-0.4, -0.2) is 99.3 Å². The minimum Gasteiger partial charge on any atom is -0.478 e. The fourth-order valence-corrected chi connectivity index (χ4v) is 7.12. The Hall–Kier alpha value is -8.69. The van der Waals surface area contributed by atoms with Crippen LogP contribution in [-0.2, 0) is 63.8 Å². The molecule has 4 aromatic carbocycles. The third-order valence-corrected chi connectivity index (χ3v) is 10.9. The Labute approximate surface area is 446 Å². The summed E-state index contributed by atoms with van der Waals surface area (Å²) >= 11 is 0. The number of carboxylic acids is 1. The first-order chi connectivity index (χ1) is 35.8. The summed E-state index contributed by atoms with van der Waals surface area (Å²) in [6.07, 6.45) is 3.03. The molecule has 2 aromatic heterocycles.